The number of aromatic nitrogens is 3. The summed E-state index contributed by atoms with van der Waals surface area (Å²) in [6.07, 6.45) is 0.473. The Morgan fingerprint density at radius 1 is 1.35 bits per heavy atom. The lowest BCUT2D eigenvalue weighted by Gasteiger charge is -2.23. The Balaban J connectivity index is 2.21. The Morgan fingerprint density at radius 3 is 2.60 bits per heavy atom. The highest BCUT2D eigenvalue weighted by atomic mass is 35.5. The van der Waals surface area contributed by atoms with Gasteiger partial charge in [-0.25, -0.2) is 8.42 Å². The van der Waals surface area contributed by atoms with Crippen molar-refractivity contribution in [3.05, 3.63) is 5.28 Å². The Hall–Kier alpha value is -1.15. The number of nitrogens with zero attached hydrogens (tertiary/aromatic N) is 4. The molecule has 0 amide bonds. The van der Waals surface area contributed by atoms with Crippen LogP contribution in [0.2, 0.25) is 5.28 Å². The minimum absolute atomic E-state index is 0.0263. The first-order valence-electron chi connectivity index (χ1n) is 6.28. The lowest BCUT2D eigenvalue weighted by molar-refractivity contribution is 0.221. The zero-order valence-electron chi connectivity index (χ0n) is 11.6. The molecule has 1 aliphatic heterocycles. The third-order valence-electron chi connectivity index (χ3n) is 2.99. The fraction of sp³-hybridized carbons (Fsp3) is 0.727. The summed E-state index contributed by atoms with van der Waals surface area (Å²) in [5, 5.41) is 0.0263. The van der Waals surface area contributed by atoms with Gasteiger partial charge < -0.3 is 9.64 Å². The average Bonchev–Trinajstić information content (AvgIpc) is 2.67. The van der Waals surface area contributed by atoms with E-state index < -0.39 is 9.84 Å². The lowest BCUT2D eigenvalue weighted by atomic mass is 10.2. The molecule has 2 rings (SSSR count). The van der Waals surface area contributed by atoms with Crippen molar-refractivity contribution < 1.29 is 13.2 Å². The fourth-order valence-corrected chi connectivity index (χ4v) is 3.91. The van der Waals surface area contributed by atoms with Crippen LogP contribution in [0.1, 0.15) is 20.3 Å². The maximum Gasteiger partial charge on any atom is 0.322 e. The number of anilines is 1. The molecule has 1 saturated heterocycles. The van der Waals surface area contributed by atoms with E-state index in [0.29, 0.717) is 12.4 Å². The summed E-state index contributed by atoms with van der Waals surface area (Å²) in [4.78, 5) is 13.8. The van der Waals surface area contributed by atoms with E-state index in [1.54, 1.807) is 11.9 Å². The summed E-state index contributed by atoms with van der Waals surface area (Å²) in [6.45, 7) is 3.70. The number of sulfone groups is 1. The van der Waals surface area contributed by atoms with E-state index in [4.69, 9.17) is 16.3 Å². The quantitative estimate of drug-likeness (QED) is 0.816. The zero-order chi connectivity index (χ0) is 14.9. The lowest BCUT2D eigenvalue weighted by Crippen LogP contribution is -2.34. The summed E-state index contributed by atoms with van der Waals surface area (Å²) in [5.74, 6) is 0.617. The molecule has 1 unspecified atom stereocenters. The molecule has 0 saturated carbocycles. The molecule has 112 valence electrons. The normalized spacial score (nSPS) is 21.1. The highest BCUT2D eigenvalue weighted by Crippen LogP contribution is 2.22. The molecule has 1 aromatic heterocycles. The van der Waals surface area contributed by atoms with Crippen LogP contribution in [0.25, 0.3) is 0 Å². The Morgan fingerprint density at radius 2 is 2.05 bits per heavy atom. The van der Waals surface area contributed by atoms with Crippen LogP contribution in [0, 0.1) is 0 Å². The second-order valence-corrected chi connectivity index (χ2v) is 7.59. The number of halogens is 1. The Labute approximate surface area is 123 Å². The zero-order valence-corrected chi connectivity index (χ0v) is 13.1. The van der Waals surface area contributed by atoms with Gasteiger partial charge in [0.2, 0.25) is 11.2 Å². The molecule has 1 atom stereocenters. The number of hydrogen-bond donors (Lipinski definition) is 0. The molecule has 9 heteroatoms. The van der Waals surface area contributed by atoms with Crippen LogP contribution in [-0.4, -0.2) is 54.1 Å². The first-order chi connectivity index (χ1) is 9.27. The molecular weight excluding hydrogens is 304 g/mol. The van der Waals surface area contributed by atoms with Crippen LogP contribution in [-0.2, 0) is 9.84 Å². The van der Waals surface area contributed by atoms with Crippen LogP contribution in [0.3, 0.4) is 0 Å². The van der Waals surface area contributed by atoms with Gasteiger partial charge in [-0.1, -0.05) is 0 Å². The molecule has 0 radical (unpaired) electrons. The average molecular weight is 321 g/mol. The van der Waals surface area contributed by atoms with E-state index in [9.17, 15) is 8.42 Å². The molecule has 1 aromatic rings. The van der Waals surface area contributed by atoms with Gasteiger partial charge >= 0.3 is 6.01 Å². The maximum atomic E-state index is 11.5. The standard InChI is InChI=1S/C11H17ClN4O3S/c1-7(2)19-11-14-9(12)13-10(15-11)16(3)8-4-5-20(17,18)6-8/h7-8H,4-6H2,1-3H3. The molecule has 20 heavy (non-hydrogen) atoms. The minimum Gasteiger partial charge on any atom is -0.461 e. The Bertz CT molecular complexity index is 593. The topological polar surface area (TPSA) is 85.3 Å². The first kappa shape index (κ1) is 15.2. The molecule has 0 spiro atoms. The van der Waals surface area contributed by atoms with Gasteiger partial charge in [0, 0.05) is 13.1 Å². The van der Waals surface area contributed by atoms with Crippen LogP contribution in [0.15, 0.2) is 0 Å². The molecular formula is C11H17ClN4O3S. The van der Waals surface area contributed by atoms with Crippen molar-refractivity contribution in [2.24, 2.45) is 0 Å². The van der Waals surface area contributed by atoms with Crippen molar-refractivity contribution in [1.82, 2.24) is 15.0 Å². The van der Waals surface area contributed by atoms with Crippen molar-refractivity contribution in [3.8, 4) is 6.01 Å². The third kappa shape index (κ3) is 3.69. The van der Waals surface area contributed by atoms with Gasteiger partial charge in [0.15, 0.2) is 9.84 Å². The van der Waals surface area contributed by atoms with Gasteiger partial charge in [0.1, 0.15) is 0 Å². The molecule has 0 N–H and O–H groups in total. The monoisotopic (exact) mass is 320 g/mol. The van der Waals surface area contributed by atoms with Crippen LogP contribution in [0.4, 0.5) is 5.95 Å². The summed E-state index contributed by atoms with van der Waals surface area (Å²) in [5.41, 5.74) is 0. The van der Waals surface area contributed by atoms with Gasteiger partial charge in [0.05, 0.1) is 17.6 Å². The molecule has 2 heterocycles. The number of hydrogen-bond acceptors (Lipinski definition) is 7. The maximum absolute atomic E-state index is 11.5. The summed E-state index contributed by atoms with van der Waals surface area (Å²) >= 11 is 5.85. The van der Waals surface area contributed by atoms with E-state index in [1.165, 1.54) is 0 Å². The highest BCUT2D eigenvalue weighted by molar-refractivity contribution is 7.91. The summed E-state index contributed by atoms with van der Waals surface area (Å²) in [6, 6.07) is -0.00642. The minimum atomic E-state index is -2.96. The molecule has 0 bridgehead atoms. The first-order valence-corrected chi connectivity index (χ1v) is 8.48. The van der Waals surface area contributed by atoms with Crippen molar-refractivity contribution in [3.63, 3.8) is 0 Å². The van der Waals surface area contributed by atoms with Crippen LogP contribution < -0.4 is 9.64 Å². The predicted molar refractivity (Wildman–Crippen MR) is 76.1 cm³/mol. The van der Waals surface area contributed by atoms with E-state index in [2.05, 4.69) is 15.0 Å². The third-order valence-corrected chi connectivity index (χ3v) is 4.91. The number of rotatable bonds is 4. The van der Waals surface area contributed by atoms with Crippen LogP contribution >= 0.6 is 11.6 Å². The second kappa shape index (κ2) is 5.69. The van der Waals surface area contributed by atoms with E-state index in [0.717, 1.165) is 0 Å². The largest absolute Gasteiger partial charge is 0.461 e. The summed E-state index contributed by atoms with van der Waals surface area (Å²) in [7, 11) is -1.22. The van der Waals surface area contributed by atoms with Gasteiger partial charge in [-0.05, 0) is 31.9 Å². The molecule has 7 nitrogen and oxygen atoms in total. The van der Waals surface area contributed by atoms with Gasteiger partial charge in [-0.15, -0.1) is 0 Å². The van der Waals surface area contributed by atoms with E-state index >= 15 is 0 Å². The van der Waals surface area contributed by atoms with E-state index in [1.807, 2.05) is 13.8 Å². The SMILES string of the molecule is CC(C)Oc1nc(Cl)nc(N(C)C2CCS(=O)(=O)C2)n1. The molecule has 0 aromatic carbocycles. The van der Waals surface area contributed by atoms with Crippen LogP contribution in [0.5, 0.6) is 6.01 Å². The van der Waals surface area contributed by atoms with Gasteiger partial charge in [-0.2, -0.15) is 15.0 Å². The predicted octanol–water partition coefficient (Wildman–Crippen LogP) is 0.935. The fourth-order valence-electron chi connectivity index (χ4n) is 1.99. The highest BCUT2D eigenvalue weighted by Gasteiger charge is 2.32. The van der Waals surface area contributed by atoms with Crippen molar-refractivity contribution in [2.75, 3.05) is 23.5 Å². The second-order valence-electron chi connectivity index (χ2n) is 5.02. The molecule has 0 aliphatic carbocycles. The van der Waals surface area contributed by atoms with Crippen molar-refractivity contribution in [1.29, 1.82) is 0 Å². The Kier molecular flexibility index (Phi) is 4.33. The summed E-state index contributed by atoms with van der Waals surface area (Å²) < 4.78 is 28.4. The van der Waals surface area contributed by atoms with E-state index in [-0.39, 0.29) is 34.9 Å². The molecule has 1 fully saturated rings. The van der Waals surface area contributed by atoms with Crippen molar-refractivity contribution >= 4 is 27.4 Å². The van der Waals surface area contributed by atoms with Gasteiger partial charge in [0.25, 0.3) is 0 Å². The van der Waals surface area contributed by atoms with Gasteiger partial charge in [-0.3, -0.25) is 0 Å². The number of ether oxygens (including phenoxy) is 1. The smallest absolute Gasteiger partial charge is 0.322 e. The van der Waals surface area contributed by atoms with Crippen molar-refractivity contribution in [2.45, 2.75) is 32.4 Å². The molecule has 1 aliphatic rings.